The van der Waals surface area contributed by atoms with Crippen molar-refractivity contribution in [3.63, 3.8) is 0 Å². The molecule has 0 saturated carbocycles. The zero-order chi connectivity index (χ0) is 13.9. The Kier molecular flexibility index (Phi) is 3.80. The first-order chi connectivity index (χ1) is 9.83. The van der Waals surface area contributed by atoms with E-state index >= 15 is 0 Å². The van der Waals surface area contributed by atoms with Crippen LogP contribution in [-0.2, 0) is 30.7 Å². The number of nitrogens with two attached hydrogens (primary N) is 1. The van der Waals surface area contributed by atoms with Gasteiger partial charge in [-0.3, -0.25) is 0 Å². The van der Waals surface area contributed by atoms with Crippen molar-refractivity contribution in [2.75, 3.05) is 13.7 Å². The van der Waals surface area contributed by atoms with Crippen molar-refractivity contribution in [2.24, 2.45) is 5.73 Å². The Bertz CT molecular complexity index is 606. The van der Waals surface area contributed by atoms with E-state index in [1.807, 2.05) is 0 Å². The molecule has 0 radical (unpaired) electrons. The number of aryl methyl sites for hydroxylation is 2. The Hall–Kier alpha value is -1.72. The molecule has 20 heavy (non-hydrogen) atoms. The van der Waals surface area contributed by atoms with Crippen LogP contribution in [-0.4, -0.2) is 28.5 Å². The summed E-state index contributed by atoms with van der Waals surface area (Å²) >= 11 is 0. The lowest BCUT2D eigenvalue weighted by molar-refractivity contribution is 0.186. The molecule has 5 nitrogen and oxygen atoms in total. The molecule has 1 heterocycles. The third-order valence-corrected chi connectivity index (χ3v) is 3.89. The second kappa shape index (κ2) is 5.73. The van der Waals surface area contributed by atoms with Crippen molar-refractivity contribution < 1.29 is 4.74 Å². The third-order valence-electron chi connectivity index (χ3n) is 3.89. The molecule has 1 aromatic carbocycles. The van der Waals surface area contributed by atoms with Gasteiger partial charge in [0, 0.05) is 19.2 Å². The molecular weight excluding hydrogens is 252 g/mol. The molecule has 0 spiro atoms. The van der Waals surface area contributed by atoms with E-state index < -0.39 is 0 Å². The van der Waals surface area contributed by atoms with Crippen molar-refractivity contribution >= 4 is 0 Å². The van der Waals surface area contributed by atoms with E-state index in [1.165, 1.54) is 30.4 Å². The molecule has 2 aromatic rings. The Morgan fingerprint density at radius 3 is 2.90 bits per heavy atom. The normalized spacial score (nSPS) is 13.7. The molecule has 0 aliphatic heterocycles. The van der Waals surface area contributed by atoms with Crippen LogP contribution < -0.4 is 5.73 Å². The minimum atomic E-state index is 0.391. The van der Waals surface area contributed by atoms with Crippen LogP contribution in [0.3, 0.4) is 0 Å². The fourth-order valence-corrected chi connectivity index (χ4v) is 2.83. The van der Waals surface area contributed by atoms with E-state index in [0.717, 1.165) is 23.8 Å². The molecule has 0 atom stereocenters. The second-order valence-electron chi connectivity index (χ2n) is 5.13. The molecule has 2 N–H and O–H groups in total. The predicted molar refractivity (Wildman–Crippen MR) is 77.3 cm³/mol. The van der Waals surface area contributed by atoms with Gasteiger partial charge < -0.3 is 15.0 Å². The van der Waals surface area contributed by atoms with E-state index in [9.17, 15) is 0 Å². The fraction of sp³-hybridized carbons (Fsp3) is 0.467. The van der Waals surface area contributed by atoms with E-state index in [4.69, 9.17) is 10.5 Å². The van der Waals surface area contributed by atoms with Gasteiger partial charge in [-0.15, -0.1) is 10.2 Å². The molecule has 106 valence electrons. The van der Waals surface area contributed by atoms with Crippen molar-refractivity contribution in [2.45, 2.75) is 32.4 Å². The average molecular weight is 272 g/mol. The lowest BCUT2D eigenvalue weighted by Crippen LogP contribution is -2.12. The van der Waals surface area contributed by atoms with Crippen LogP contribution >= 0.6 is 0 Å². The topological polar surface area (TPSA) is 66.0 Å². The molecule has 3 rings (SSSR count). The zero-order valence-electron chi connectivity index (χ0n) is 11.8. The van der Waals surface area contributed by atoms with Crippen LogP contribution in [0, 0.1) is 0 Å². The van der Waals surface area contributed by atoms with Gasteiger partial charge in [0.25, 0.3) is 0 Å². The summed E-state index contributed by atoms with van der Waals surface area (Å²) in [6.07, 6.45) is 3.61. The van der Waals surface area contributed by atoms with Gasteiger partial charge in [-0.25, -0.2) is 0 Å². The Morgan fingerprint density at radius 2 is 2.10 bits per heavy atom. The zero-order valence-corrected chi connectivity index (χ0v) is 11.8. The van der Waals surface area contributed by atoms with Crippen LogP contribution in [0.2, 0.25) is 0 Å². The van der Waals surface area contributed by atoms with Crippen LogP contribution in [0.15, 0.2) is 18.2 Å². The monoisotopic (exact) mass is 272 g/mol. The predicted octanol–water partition coefficient (Wildman–Crippen LogP) is 1.54. The highest BCUT2D eigenvalue weighted by Crippen LogP contribution is 2.27. The molecule has 1 aliphatic carbocycles. The maximum Gasteiger partial charge on any atom is 0.164 e. The maximum atomic E-state index is 5.74. The highest BCUT2D eigenvalue weighted by molar-refractivity contribution is 5.58. The Morgan fingerprint density at radius 1 is 1.25 bits per heavy atom. The first-order valence-electron chi connectivity index (χ1n) is 7.06. The number of nitrogens with zero attached hydrogens (tertiary/aromatic N) is 3. The van der Waals surface area contributed by atoms with Crippen molar-refractivity contribution in [1.29, 1.82) is 0 Å². The maximum absolute atomic E-state index is 5.74. The SMILES string of the molecule is COCCn1c(CN)nnc1-c1ccc2c(c1)CCC2. The number of aromatic nitrogens is 3. The van der Waals surface area contributed by atoms with Gasteiger partial charge in [0.15, 0.2) is 5.82 Å². The van der Waals surface area contributed by atoms with E-state index in [1.54, 1.807) is 7.11 Å². The molecule has 0 fully saturated rings. The highest BCUT2D eigenvalue weighted by atomic mass is 16.5. The number of rotatable bonds is 5. The molecule has 0 bridgehead atoms. The molecule has 1 aliphatic rings. The molecule has 0 unspecified atom stereocenters. The Labute approximate surface area is 118 Å². The van der Waals surface area contributed by atoms with Crippen LogP contribution in [0.1, 0.15) is 23.4 Å². The Balaban J connectivity index is 1.98. The standard InChI is InChI=1S/C15H20N4O/c1-20-8-7-19-14(10-16)17-18-15(19)13-6-5-11-3-2-4-12(11)9-13/h5-6,9H,2-4,7-8,10,16H2,1H3. The first-order valence-corrected chi connectivity index (χ1v) is 7.06. The van der Waals surface area contributed by atoms with Gasteiger partial charge in [-0.2, -0.15) is 0 Å². The number of hydrogen-bond acceptors (Lipinski definition) is 4. The van der Waals surface area contributed by atoms with Crippen molar-refractivity contribution in [1.82, 2.24) is 14.8 Å². The summed E-state index contributed by atoms with van der Waals surface area (Å²) in [5.74, 6) is 1.69. The summed E-state index contributed by atoms with van der Waals surface area (Å²) in [4.78, 5) is 0. The lowest BCUT2D eigenvalue weighted by atomic mass is 10.1. The number of benzene rings is 1. The molecule has 0 saturated heterocycles. The van der Waals surface area contributed by atoms with E-state index in [0.29, 0.717) is 13.2 Å². The van der Waals surface area contributed by atoms with Gasteiger partial charge in [0.1, 0.15) is 5.82 Å². The first kappa shape index (κ1) is 13.3. The largest absolute Gasteiger partial charge is 0.383 e. The summed E-state index contributed by atoms with van der Waals surface area (Å²) in [5, 5.41) is 8.50. The lowest BCUT2D eigenvalue weighted by Gasteiger charge is -2.10. The van der Waals surface area contributed by atoms with Crippen molar-refractivity contribution in [3.05, 3.63) is 35.2 Å². The summed E-state index contributed by atoms with van der Waals surface area (Å²) in [6, 6.07) is 6.60. The smallest absolute Gasteiger partial charge is 0.164 e. The van der Waals surface area contributed by atoms with Crippen molar-refractivity contribution in [3.8, 4) is 11.4 Å². The van der Waals surface area contributed by atoms with Crippen LogP contribution in [0.25, 0.3) is 11.4 Å². The summed E-state index contributed by atoms with van der Waals surface area (Å²) in [7, 11) is 1.70. The number of methoxy groups -OCH3 is 1. The van der Waals surface area contributed by atoms with Gasteiger partial charge in [-0.1, -0.05) is 12.1 Å². The molecule has 0 amide bonds. The molecular formula is C15H20N4O. The highest BCUT2D eigenvalue weighted by Gasteiger charge is 2.16. The van der Waals surface area contributed by atoms with E-state index in [2.05, 4.69) is 33.0 Å². The van der Waals surface area contributed by atoms with Crippen LogP contribution in [0.5, 0.6) is 0 Å². The summed E-state index contributed by atoms with van der Waals surface area (Å²) in [5.41, 5.74) is 9.77. The van der Waals surface area contributed by atoms with Crippen LogP contribution in [0.4, 0.5) is 0 Å². The fourth-order valence-electron chi connectivity index (χ4n) is 2.83. The minimum absolute atomic E-state index is 0.391. The minimum Gasteiger partial charge on any atom is -0.383 e. The summed E-state index contributed by atoms with van der Waals surface area (Å²) in [6.45, 7) is 1.74. The van der Waals surface area contributed by atoms with Gasteiger partial charge in [0.05, 0.1) is 13.2 Å². The number of hydrogen-bond donors (Lipinski definition) is 1. The number of ether oxygens (including phenoxy) is 1. The van der Waals surface area contributed by atoms with Gasteiger partial charge >= 0.3 is 0 Å². The third kappa shape index (κ3) is 2.34. The number of fused-ring (bicyclic) bond motifs is 1. The van der Waals surface area contributed by atoms with Gasteiger partial charge in [-0.05, 0) is 36.5 Å². The molecule has 1 aromatic heterocycles. The quantitative estimate of drug-likeness (QED) is 0.896. The second-order valence-corrected chi connectivity index (χ2v) is 5.13. The average Bonchev–Trinajstić information content (AvgIpc) is 3.10. The summed E-state index contributed by atoms with van der Waals surface area (Å²) < 4.78 is 7.22. The molecule has 5 heteroatoms. The van der Waals surface area contributed by atoms with E-state index in [-0.39, 0.29) is 0 Å². The van der Waals surface area contributed by atoms with Gasteiger partial charge in [0.2, 0.25) is 0 Å².